The second kappa shape index (κ2) is 8.83. The molecule has 2 N–H and O–H groups in total. The fourth-order valence-electron chi connectivity index (χ4n) is 3.16. The minimum atomic E-state index is -0.191. The lowest BCUT2D eigenvalue weighted by atomic mass is 10.1. The van der Waals surface area contributed by atoms with Gasteiger partial charge in [0, 0.05) is 5.69 Å². The Morgan fingerprint density at radius 2 is 1.67 bits per heavy atom. The number of hydrogen-bond donors (Lipinski definition) is 2. The average molecular weight is 331 g/mol. The molecular formula is C19H29N3O2. The number of rotatable bonds is 5. The van der Waals surface area contributed by atoms with Gasteiger partial charge in [-0.2, -0.15) is 0 Å². The molecule has 0 aromatic heterocycles. The number of para-hydroxylation sites is 1. The monoisotopic (exact) mass is 331 g/mol. The van der Waals surface area contributed by atoms with E-state index in [2.05, 4.69) is 15.5 Å². The molecule has 5 nitrogen and oxygen atoms in total. The number of carbonyl (C=O) groups is 2. The summed E-state index contributed by atoms with van der Waals surface area (Å²) < 4.78 is 0. The number of benzene rings is 1. The average Bonchev–Trinajstić information content (AvgIpc) is 2.84. The zero-order chi connectivity index (χ0) is 17.5. The summed E-state index contributed by atoms with van der Waals surface area (Å²) >= 11 is 0. The first-order valence-electron chi connectivity index (χ1n) is 8.87. The van der Waals surface area contributed by atoms with E-state index in [4.69, 9.17) is 0 Å². The van der Waals surface area contributed by atoms with Gasteiger partial charge in [-0.25, -0.2) is 0 Å². The quantitative estimate of drug-likeness (QED) is 0.872. The van der Waals surface area contributed by atoms with Crippen LogP contribution >= 0.6 is 0 Å². The van der Waals surface area contributed by atoms with Crippen molar-refractivity contribution in [1.82, 2.24) is 10.2 Å². The molecule has 5 heteroatoms. The van der Waals surface area contributed by atoms with E-state index >= 15 is 0 Å². The van der Waals surface area contributed by atoms with Crippen molar-refractivity contribution < 1.29 is 9.59 Å². The maximum Gasteiger partial charge on any atom is 0.243 e. The van der Waals surface area contributed by atoms with Crippen LogP contribution in [0.3, 0.4) is 0 Å². The molecule has 0 aliphatic carbocycles. The molecule has 132 valence electrons. The number of nitrogens with zero attached hydrogens (tertiary/aromatic N) is 1. The molecule has 1 aliphatic rings. The maximum atomic E-state index is 12.3. The van der Waals surface area contributed by atoms with Crippen molar-refractivity contribution in [3.8, 4) is 0 Å². The van der Waals surface area contributed by atoms with Crippen LogP contribution in [0, 0.1) is 13.8 Å². The molecule has 0 unspecified atom stereocenters. The van der Waals surface area contributed by atoms with Gasteiger partial charge in [0.05, 0.1) is 12.6 Å². The van der Waals surface area contributed by atoms with Crippen molar-refractivity contribution in [1.29, 1.82) is 0 Å². The third-order valence-corrected chi connectivity index (χ3v) is 4.74. The summed E-state index contributed by atoms with van der Waals surface area (Å²) in [6.45, 7) is 7.77. The first-order chi connectivity index (χ1) is 11.5. The summed E-state index contributed by atoms with van der Waals surface area (Å²) in [4.78, 5) is 26.7. The van der Waals surface area contributed by atoms with Crippen molar-refractivity contribution in [3.05, 3.63) is 29.3 Å². The summed E-state index contributed by atoms with van der Waals surface area (Å²) in [5, 5.41) is 5.66. The topological polar surface area (TPSA) is 61.4 Å². The lowest BCUT2D eigenvalue weighted by molar-refractivity contribution is -0.128. The molecule has 24 heavy (non-hydrogen) atoms. The Hall–Kier alpha value is -1.88. The third-order valence-electron chi connectivity index (χ3n) is 4.74. The molecule has 1 saturated heterocycles. The Kier molecular flexibility index (Phi) is 6.79. The fourth-order valence-corrected chi connectivity index (χ4v) is 3.16. The molecule has 0 radical (unpaired) electrons. The van der Waals surface area contributed by atoms with Gasteiger partial charge in [-0.15, -0.1) is 0 Å². The van der Waals surface area contributed by atoms with Gasteiger partial charge in [0.25, 0.3) is 0 Å². The second-order valence-corrected chi connectivity index (χ2v) is 6.66. The Labute approximate surface area is 144 Å². The molecule has 1 atom stereocenters. The van der Waals surface area contributed by atoms with Crippen molar-refractivity contribution in [2.24, 2.45) is 0 Å². The van der Waals surface area contributed by atoms with E-state index in [1.54, 1.807) is 0 Å². The molecule has 0 saturated carbocycles. The maximum absolute atomic E-state index is 12.3. The first-order valence-corrected chi connectivity index (χ1v) is 8.87. The van der Waals surface area contributed by atoms with Crippen molar-refractivity contribution >= 4 is 17.5 Å². The zero-order valence-corrected chi connectivity index (χ0v) is 15.0. The molecule has 1 aliphatic heterocycles. The zero-order valence-electron chi connectivity index (χ0n) is 15.0. The van der Waals surface area contributed by atoms with Gasteiger partial charge < -0.3 is 10.6 Å². The van der Waals surface area contributed by atoms with E-state index in [1.165, 1.54) is 12.8 Å². The predicted octanol–water partition coefficient (Wildman–Crippen LogP) is 2.62. The van der Waals surface area contributed by atoms with Crippen molar-refractivity contribution in [2.45, 2.75) is 52.5 Å². The van der Waals surface area contributed by atoms with Crippen LogP contribution in [-0.2, 0) is 9.59 Å². The summed E-state index contributed by atoms with van der Waals surface area (Å²) in [6.07, 6.45) is 4.77. The smallest absolute Gasteiger partial charge is 0.243 e. The molecule has 1 fully saturated rings. The van der Waals surface area contributed by atoms with Crippen LogP contribution < -0.4 is 10.6 Å². The lowest BCUT2D eigenvalue weighted by Gasteiger charge is -2.26. The number of anilines is 1. The van der Waals surface area contributed by atoms with Crippen LogP contribution in [-0.4, -0.2) is 42.4 Å². The number of likely N-dealkylation sites (tertiary alicyclic amines) is 1. The largest absolute Gasteiger partial charge is 0.346 e. The molecule has 2 rings (SSSR count). The van der Waals surface area contributed by atoms with Gasteiger partial charge in [-0.3, -0.25) is 14.5 Å². The van der Waals surface area contributed by atoms with Crippen LogP contribution in [0.4, 0.5) is 5.69 Å². The highest BCUT2D eigenvalue weighted by Crippen LogP contribution is 2.19. The highest BCUT2D eigenvalue weighted by Gasteiger charge is 2.22. The lowest BCUT2D eigenvalue weighted by Crippen LogP contribution is -2.47. The minimum absolute atomic E-state index is 0.00475. The van der Waals surface area contributed by atoms with Crippen LogP contribution in [0.1, 0.15) is 43.7 Å². The second-order valence-electron chi connectivity index (χ2n) is 6.66. The number of carbonyl (C=O) groups excluding carboxylic acids is 2. The van der Waals surface area contributed by atoms with E-state index in [-0.39, 0.29) is 24.4 Å². The predicted molar refractivity (Wildman–Crippen MR) is 97.1 cm³/mol. The molecular weight excluding hydrogens is 302 g/mol. The van der Waals surface area contributed by atoms with Crippen LogP contribution in [0.5, 0.6) is 0 Å². The molecule has 1 aromatic rings. The fraction of sp³-hybridized carbons (Fsp3) is 0.579. The summed E-state index contributed by atoms with van der Waals surface area (Å²) in [5.74, 6) is -0.266. The van der Waals surface area contributed by atoms with Crippen LogP contribution in [0.25, 0.3) is 0 Å². The van der Waals surface area contributed by atoms with E-state index in [1.807, 2.05) is 39.0 Å². The summed E-state index contributed by atoms with van der Waals surface area (Å²) in [5.41, 5.74) is 2.87. The van der Waals surface area contributed by atoms with E-state index < -0.39 is 0 Å². The van der Waals surface area contributed by atoms with Gasteiger partial charge >= 0.3 is 0 Å². The van der Waals surface area contributed by atoms with Crippen LogP contribution in [0.2, 0.25) is 0 Å². The Morgan fingerprint density at radius 1 is 1.08 bits per heavy atom. The van der Waals surface area contributed by atoms with Gasteiger partial charge in [0.1, 0.15) is 0 Å². The van der Waals surface area contributed by atoms with E-state index in [0.29, 0.717) is 0 Å². The Balaban J connectivity index is 1.83. The molecule has 0 spiro atoms. The molecule has 0 bridgehead atoms. The molecule has 2 amide bonds. The number of nitrogens with one attached hydrogen (secondary N) is 2. The van der Waals surface area contributed by atoms with Gasteiger partial charge in [-0.05, 0) is 57.8 Å². The highest BCUT2D eigenvalue weighted by atomic mass is 16.2. The number of amides is 2. The number of aryl methyl sites for hydroxylation is 2. The normalized spacial score (nSPS) is 17.0. The van der Waals surface area contributed by atoms with Gasteiger partial charge in [-0.1, -0.05) is 31.0 Å². The van der Waals surface area contributed by atoms with Crippen molar-refractivity contribution in [2.75, 3.05) is 25.0 Å². The first kappa shape index (κ1) is 18.5. The van der Waals surface area contributed by atoms with E-state index in [0.717, 1.165) is 42.7 Å². The highest BCUT2D eigenvalue weighted by molar-refractivity contribution is 5.96. The Morgan fingerprint density at radius 3 is 2.25 bits per heavy atom. The van der Waals surface area contributed by atoms with Crippen molar-refractivity contribution in [3.63, 3.8) is 0 Å². The van der Waals surface area contributed by atoms with Gasteiger partial charge in [0.15, 0.2) is 0 Å². The summed E-state index contributed by atoms with van der Waals surface area (Å²) in [6, 6.07) is 5.70. The van der Waals surface area contributed by atoms with Gasteiger partial charge in [0.2, 0.25) is 11.8 Å². The van der Waals surface area contributed by atoms with Crippen LogP contribution in [0.15, 0.2) is 18.2 Å². The Bertz CT molecular complexity index is 558. The standard InChI is InChI=1S/C19H29N3O2/c1-14-9-8-10-15(2)18(14)21-17(23)13-20-19(24)16(3)22-11-6-4-5-7-12-22/h8-10,16H,4-7,11-13H2,1-3H3,(H,20,24)(H,21,23)/t16-/m0/s1. The molecule has 1 heterocycles. The third kappa shape index (κ3) is 5.06. The summed E-state index contributed by atoms with van der Waals surface area (Å²) in [7, 11) is 0. The molecule has 1 aromatic carbocycles. The SMILES string of the molecule is Cc1cccc(C)c1NC(=O)CNC(=O)[C@H](C)N1CCCCCC1. The minimum Gasteiger partial charge on any atom is -0.346 e. The number of hydrogen-bond acceptors (Lipinski definition) is 3. The van der Waals surface area contributed by atoms with E-state index in [9.17, 15) is 9.59 Å².